The van der Waals surface area contributed by atoms with Crippen molar-refractivity contribution in [2.75, 3.05) is 11.5 Å². The average molecular weight is 277 g/mol. The Labute approximate surface area is 119 Å². The van der Waals surface area contributed by atoms with Crippen molar-refractivity contribution < 1.29 is 0 Å². The molecule has 0 saturated carbocycles. The van der Waals surface area contributed by atoms with Crippen LogP contribution in [-0.4, -0.2) is 27.1 Å². The number of nitrogens with zero attached hydrogens (tertiary/aromatic N) is 2. The highest BCUT2D eigenvalue weighted by Crippen LogP contribution is 2.21. The molecular weight excluding hydrogens is 254 g/mol. The van der Waals surface area contributed by atoms with E-state index in [9.17, 15) is 0 Å². The molecule has 2 aromatic heterocycles. The molecule has 0 saturated heterocycles. The first-order chi connectivity index (χ1) is 9.26. The van der Waals surface area contributed by atoms with Gasteiger partial charge in [0.15, 0.2) is 0 Å². The second-order valence-corrected chi connectivity index (χ2v) is 6.19. The zero-order valence-corrected chi connectivity index (χ0v) is 12.6. The molecule has 1 atom stereocenters. The maximum atomic E-state index is 6.09. The third kappa shape index (κ3) is 3.51. The van der Waals surface area contributed by atoms with Crippen molar-refractivity contribution in [1.82, 2.24) is 9.55 Å². The molecule has 2 N–H and O–H groups in total. The summed E-state index contributed by atoms with van der Waals surface area (Å²) in [5, 5.41) is 1.26. The lowest BCUT2D eigenvalue weighted by molar-refractivity contribution is 0.646. The Morgan fingerprint density at radius 2 is 2.26 bits per heavy atom. The molecule has 0 aliphatic rings. The Kier molecular flexibility index (Phi) is 5.28. The number of pyridine rings is 1. The zero-order valence-electron chi connectivity index (χ0n) is 11.8. The molecule has 2 heterocycles. The minimum Gasteiger partial charge on any atom is -0.331 e. The quantitative estimate of drug-likeness (QED) is 0.791. The molecular formula is C15H23N3S. The third-order valence-corrected chi connectivity index (χ3v) is 4.28. The number of aromatic nitrogens is 2. The van der Waals surface area contributed by atoms with Crippen molar-refractivity contribution in [2.45, 2.75) is 39.3 Å². The Morgan fingerprint density at radius 3 is 3.00 bits per heavy atom. The molecule has 0 spiro atoms. The van der Waals surface area contributed by atoms with E-state index in [4.69, 9.17) is 5.73 Å². The Bertz CT molecular complexity index is 521. The smallest absolute Gasteiger partial charge is 0.140 e. The average Bonchev–Trinajstić information content (AvgIpc) is 2.78. The van der Waals surface area contributed by atoms with Gasteiger partial charge < -0.3 is 10.3 Å². The van der Waals surface area contributed by atoms with Crippen molar-refractivity contribution in [3.8, 4) is 0 Å². The van der Waals surface area contributed by atoms with E-state index >= 15 is 0 Å². The van der Waals surface area contributed by atoms with Gasteiger partial charge in [0.05, 0.1) is 0 Å². The van der Waals surface area contributed by atoms with Crippen LogP contribution in [0.25, 0.3) is 11.0 Å². The summed E-state index contributed by atoms with van der Waals surface area (Å²) in [6, 6.07) is 4.40. The van der Waals surface area contributed by atoms with E-state index < -0.39 is 0 Å². The highest BCUT2D eigenvalue weighted by atomic mass is 32.2. The summed E-state index contributed by atoms with van der Waals surface area (Å²) < 4.78 is 2.27. The summed E-state index contributed by atoms with van der Waals surface area (Å²) in [6.45, 7) is 5.36. The number of rotatable bonds is 7. The highest BCUT2D eigenvalue weighted by Gasteiger charge is 2.11. The minimum absolute atomic E-state index is 0.240. The minimum atomic E-state index is 0.240. The molecule has 104 valence electrons. The molecule has 4 heteroatoms. The summed E-state index contributed by atoms with van der Waals surface area (Å²) in [5.74, 6) is 2.30. The molecule has 0 fully saturated rings. The lowest BCUT2D eigenvalue weighted by Crippen LogP contribution is -2.21. The highest BCUT2D eigenvalue weighted by molar-refractivity contribution is 7.99. The van der Waals surface area contributed by atoms with E-state index in [1.807, 2.05) is 24.0 Å². The van der Waals surface area contributed by atoms with Crippen LogP contribution < -0.4 is 5.73 Å². The number of fused-ring (bicyclic) bond motifs is 1. The second-order valence-electron chi connectivity index (χ2n) is 4.79. The van der Waals surface area contributed by atoms with Gasteiger partial charge in [-0.05, 0) is 36.3 Å². The van der Waals surface area contributed by atoms with Gasteiger partial charge in [0.1, 0.15) is 5.65 Å². The molecule has 2 aromatic rings. The number of nitrogens with two attached hydrogens (primary N) is 1. The first-order valence-corrected chi connectivity index (χ1v) is 8.17. The fourth-order valence-electron chi connectivity index (χ4n) is 2.26. The van der Waals surface area contributed by atoms with Crippen molar-refractivity contribution >= 4 is 22.8 Å². The van der Waals surface area contributed by atoms with Crippen LogP contribution in [-0.2, 0) is 13.0 Å². The summed E-state index contributed by atoms with van der Waals surface area (Å²) in [5.41, 5.74) is 8.52. The van der Waals surface area contributed by atoms with E-state index in [-0.39, 0.29) is 6.04 Å². The van der Waals surface area contributed by atoms with Gasteiger partial charge >= 0.3 is 0 Å². The SMILES string of the molecule is CCSCCn1cc(CC(N)CC)c2cccnc21. The topological polar surface area (TPSA) is 43.8 Å². The van der Waals surface area contributed by atoms with Gasteiger partial charge in [0.25, 0.3) is 0 Å². The lowest BCUT2D eigenvalue weighted by atomic mass is 10.1. The molecule has 0 amide bonds. The predicted octanol–water partition coefficient (Wildman–Crippen LogP) is 3.07. The number of hydrogen-bond acceptors (Lipinski definition) is 3. The van der Waals surface area contributed by atoms with E-state index in [0.717, 1.165) is 30.8 Å². The van der Waals surface area contributed by atoms with Gasteiger partial charge in [-0.15, -0.1) is 0 Å². The van der Waals surface area contributed by atoms with Crippen molar-refractivity contribution in [3.05, 3.63) is 30.1 Å². The molecule has 0 bridgehead atoms. The normalized spacial score (nSPS) is 13.0. The third-order valence-electron chi connectivity index (χ3n) is 3.40. The summed E-state index contributed by atoms with van der Waals surface area (Å²) in [7, 11) is 0. The van der Waals surface area contributed by atoms with E-state index in [2.05, 4.69) is 35.7 Å². The fraction of sp³-hybridized carbons (Fsp3) is 0.533. The Hall–Kier alpha value is -1.00. The lowest BCUT2D eigenvalue weighted by Gasteiger charge is -2.06. The van der Waals surface area contributed by atoms with E-state index in [1.165, 1.54) is 16.7 Å². The largest absolute Gasteiger partial charge is 0.331 e. The molecule has 0 aliphatic heterocycles. The van der Waals surface area contributed by atoms with Crippen molar-refractivity contribution in [3.63, 3.8) is 0 Å². The summed E-state index contributed by atoms with van der Waals surface area (Å²) in [4.78, 5) is 4.53. The van der Waals surface area contributed by atoms with Crippen LogP contribution in [0.2, 0.25) is 0 Å². The van der Waals surface area contributed by atoms with Crippen molar-refractivity contribution in [2.24, 2.45) is 5.73 Å². The van der Waals surface area contributed by atoms with E-state index in [0.29, 0.717) is 0 Å². The second kappa shape index (κ2) is 6.96. The maximum absolute atomic E-state index is 6.09. The van der Waals surface area contributed by atoms with Crippen LogP contribution >= 0.6 is 11.8 Å². The van der Waals surface area contributed by atoms with Gasteiger partial charge in [-0.3, -0.25) is 0 Å². The number of aryl methyl sites for hydroxylation is 1. The van der Waals surface area contributed by atoms with E-state index in [1.54, 1.807) is 0 Å². The summed E-state index contributed by atoms with van der Waals surface area (Å²) >= 11 is 1.97. The van der Waals surface area contributed by atoms with Gasteiger partial charge in [-0.25, -0.2) is 4.98 Å². The first kappa shape index (κ1) is 14.4. The number of thioether (sulfide) groups is 1. The van der Waals surface area contributed by atoms with Crippen LogP contribution in [0.3, 0.4) is 0 Å². The summed E-state index contributed by atoms with van der Waals surface area (Å²) in [6.07, 6.45) is 6.06. The maximum Gasteiger partial charge on any atom is 0.140 e. The molecule has 19 heavy (non-hydrogen) atoms. The predicted molar refractivity (Wildman–Crippen MR) is 84.7 cm³/mol. The van der Waals surface area contributed by atoms with Crippen LogP contribution in [0.4, 0.5) is 0 Å². The Morgan fingerprint density at radius 1 is 1.42 bits per heavy atom. The zero-order chi connectivity index (χ0) is 13.7. The van der Waals surface area contributed by atoms with Gasteiger partial charge in [-0.2, -0.15) is 11.8 Å². The molecule has 2 rings (SSSR count). The fourth-order valence-corrected chi connectivity index (χ4v) is 2.88. The van der Waals surface area contributed by atoms with Gasteiger partial charge in [0.2, 0.25) is 0 Å². The standard InChI is InChI=1S/C15H23N3S/c1-3-13(16)10-12-11-18(8-9-19-4-2)15-14(12)6-5-7-17-15/h5-7,11,13H,3-4,8-10,16H2,1-2H3. The van der Waals surface area contributed by atoms with Gasteiger partial charge in [-0.1, -0.05) is 13.8 Å². The molecule has 0 aliphatic carbocycles. The number of hydrogen-bond donors (Lipinski definition) is 1. The van der Waals surface area contributed by atoms with Crippen LogP contribution in [0, 0.1) is 0 Å². The van der Waals surface area contributed by atoms with Crippen molar-refractivity contribution in [1.29, 1.82) is 0 Å². The monoisotopic (exact) mass is 277 g/mol. The van der Waals surface area contributed by atoms with Gasteiger partial charge in [0, 0.05) is 36.1 Å². The first-order valence-electron chi connectivity index (χ1n) is 7.02. The Balaban J connectivity index is 2.26. The molecule has 1 unspecified atom stereocenters. The molecule has 3 nitrogen and oxygen atoms in total. The van der Waals surface area contributed by atoms with Crippen LogP contribution in [0.1, 0.15) is 25.8 Å². The van der Waals surface area contributed by atoms with Crippen LogP contribution in [0.5, 0.6) is 0 Å². The van der Waals surface area contributed by atoms with Crippen LogP contribution in [0.15, 0.2) is 24.5 Å². The molecule has 0 aromatic carbocycles. The molecule has 0 radical (unpaired) electrons.